The fourth-order valence-electron chi connectivity index (χ4n) is 4.44. The Hall–Kier alpha value is -2.55. The van der Waals surface area contributed by atoms with Crippen molar-refractivity contribution in [3.63, 3.8) is 0 Å². The number of halogens is 1. The maximum Gasteiger partial charge on any atom is 0.336 e. The smallest absolute Gasteiger partial charge is 0.336 e. The van der Waals surface area contributed by atoms with Crippen LogP contribution in [0.4, 0.5) is 0 Å². The molecule has 4 rings (SSSR count). The van der Waals surface area contributed by atoms with Gasteiger partial charge in [-0.25, -0.2) is 9.78 Å². The van der Waals surface area contributed by atoms with Crippen molar-refractivity contribution in [3.8, 4) is 5.75 Å². The molecule has 2 atom stereocenters. The van der Waals surface area contributed by atoms with Gasteiger partial charge in [-0.2, -0.15) is 12.6 Å². The Morgan fingerprint density at radius 2 is 2.06 bits per heavy atom. The molecule has 35 heavy (non-hydrogen) atoms. The van der Waals surface area contributed by atoms with Gasteiger partial charge in [0.2, 0.25) is 5.91 Å². The molecule has 0 radical (unpaired) electrons. The molecule has 2 aliphatic heterocycles. The normalized spacial score (nSPS) is 20.3. The Morgan fingerprint density at radius 3 is 2.71 bits per heavy atom. The van der Waals surface area contributed by atoms with Crippen LogP contribution in [0.5, 0.6) is 5.75 Å². The van der Waals surface area contributed by atoms with Gasteiger partial charge in [-0.1, -0.05) is 29.8 Å². The zero-order valence-electron chi connectivity index (χ0n) is 19.6. The van der Waals surface area contributed by atoms with E-state index in [2.05, 4.69) is 17.6 Å². The molecular formula is C26H29ClN2O5S. The second kappa shape index (κ2) is 11.9. The molecular weight excluding hydrogens is 488 g/mol. The Balaban J connectivity index is 1.55. The summed E-state index contributed by atoms with van der Waals surface area (Å²) in [5, 5.41) is 0.350. The Bertz CT molecular complexity index is 1070. The van der Waals surface area contributed by atoms with Gasteiger partial charge >= 0.3 is 5.97 Å². The fraction of sp³-hybridized carbons (Fsp3) is 0.423. The number of carbonyl (C=O) groups excluding carboxylic acids is 2. The highest BCUT2D eigenvalue weighted by Gasteiger charge is 2.38. The molecule has 0 N–H and O–H groups in total. The third-order valence-corrected chi connectivity index (χ3v) is 6.67. The molecule has 0 bridgehead atoms. The number of hydrogen-bond donors (Lipinski definition) is 1. The fourth-order valence-corrected chi connectivity index (χ4v) is 4.65. The number of nitrogens with zero attached hydrogens (tertiary/aromatic N) is 2. The SMILES string of the molecule is CC1=C(C(=O)OCc2ccc(OCCS)cc2)[C@H](c2ccc(Cl)nc2)CC(=O)N1C[C@H]1CCCO1. The van der Waals surface area contributed by atoms with E-state index in [0.29, 0.717) is 41.9 Å². The Kier molecular flexibility index (Phi) is 8.70. The number of esters is 1. The van der Waals surface area contributed by atoms with Crippen molar-refractivity contribution in [1.82, 2.24) is 9.88 Å². The minimum absolute atomic E-state index is 0.0248. The number of pyridine rings is 1. The van der Waals surface area contributed by atoms with Gasteiger partial charge in [-0.15, -0.1) is 0 Å². The number of ether oxygens (including phenoxy) is 3. The summed E-state index contributed by atoms with van der Waals surface area (Å²) >= 11 is 10.1. The van der Waals surface area contributed by atoms with E-state index < -0.39 is 11.9 Å². The summed E-state index contributed by atoms with van der Waals surface area (Å²) in [5.74, 6) is 0.398. The zero-order valence-corrected chi connectivity index (χ0v) is 21.3. The number of benzene rings is 1. The predicted molar refractivity (Wildman–Crippen MR) is 136 cm³/mol. The first-order valence-corrected chi connectivity index (χ1v) is 12.7. The van der Waals surface area contributed by atoms with Gasteiger partial charge in [-0.05, 0) is 49.1 Å². The lowest BCUT2D eigenvalue weighted by atomic mass is 9.84. The predicted octanol–water partition coefficient (Wildman–Crippen LogP) is 4.56. The summed E-state index contributed by atoms with van der Waals surface area (Å²) < 4.78 is 17.0. The van der Waals surface area contributed by atoms with E-state index in [1.807, 2.05) is 24.3 Å². The molecule has 0 aliphatic carbocycles. The molecule has 1 aromatic heterocycles. The van der Waals surface area contributed by atoms with Crippen molar-refractivity contribution in [1.29, 1.82) is 0 Å². The van der Waals surface area contributed by atoms with Crippen molar-refractivity contribution >= 4 is 36.1 Å². The number of carbonyl (C=O) groups is 2. The van der Waals surface area contributed by atoms with Gasteiger partial charge in [0.15, 0.2) is 0 Å². The molecule has 3 heterocycles. The van der Waals surface area contributed by atoms with Crippen LogP contribution in [0, 0.1) is 0 Å². The average Bonchev–Trinajstić information content (AvgIpc) is 3.38. The second-order valence-electron chi connectivity index (χ2n) is 8.60. The number of allylic oxidation sites excluding steroid dienone is 1. The number of rotatable bonds is 9. The first-order valence-electron chi connectivity index (χ1n) is 11.7. The van der Waals surface area contributed by atoms with Crippen LogP contribution in [0.1, 0.15) is 43.2 Å². The van der Waals surface area contributed by atoms with Crippen molar-refractivity contribution in [2.24, 2.45) is 0 Å². The van der Waals surface area contributed by atoms with Crippen molar-refractivity contribution in [3.05, 3.63) is 70.1 Å². The lowest BCUT2D eigenvalue weighted by Gasteiger charge is -2.35. The van der Waals surface area contributed by atoms with Crippen LogP contribution in [-0.2, 0) is 25.7 Å². The summed E-state index contributed by atoms with van der Waals surface area (Å²) in [6, 6.07) is 10.8. The lowest BCUT2D eigenvalue weighted by molar-refractivity contribution is -0.141. The maximum absolute atomic E-state index is 13.4. The standard InChI is InChI=1S/C26H29ClN2O5S/c1-17-25(26(31)34-16-18-4-7-20(8-5-18)33-11-12-35)22(19-6-9-23(27)28-14-19)13-24(30)29(17)15-21-3-2-10-32-21/h4-9,14,21-22,35H,2-3,10-13,15-16H2,1H3/t21-,22+/m1/s1. The Labute approximate surface area is 215 Å². The molecule has 186 valence electrons. The molecule has 1 saturated heterocycles. The van der Waals surface area contributed by atoms with Crippen LogP contribution in [0.15, 0.2) is 53.9 Å². The largest absolute Gasteiger partial charge is 0.493 e. The topological polar surface area (TPSA) is 78.0 Å². The first kappa shape index (κ1) is 25.5. The highest BCUT2D eigenvalue weighted by molar-refractivity contribution is 7.80. The van der Waals surface area contributed by atoms with Gasteiger partial charge in [0, 0.05) is 36.6 Å². The molecule has 2 aromatic rings. The van der Waals surface area contributed by atoms with Crippen LogP contribution in [0.25, 0.3) is 0 Å². The van der Waals surface area contributed by atoms with E-state index >= 15 is 0 Å². The molecule has 0 spiro atoms. The molecule has 1 aromatic carbocycles. The molecule has 0 saturated carbocycles. The molecule has 7 nitrogen and oxygen atoms in total. The van der Waals surface area contributed by atoms with E-state index in [0.717, 1.165) is 29.7 Å². The molecule has 9 heteroatoms. The average molecular weight is 517 g/mol. The van der Waals surface area contributed by atoms with E-state index in [4.69, 9.17) is 25.8 Å². The van der Waals surface area contributed by atoms with E-state index in [9.17, 15) is 9.59 Å². The molecule has 1 fully saturated rings. The van der Waals surface area contributed by atoms with Crippen molar-refractivity contribution < 1.29 is 23.8 Å². The number of hydrogen-bond acceptors (Lipinski definition) is 7. The minimum atomic E-state index is -0.461. The number of amides is 1. The molecule has 1 amide bonds. The maximum atomic E-state index is 13.4. The Morgan fingerprint density at radius 1 is 1.26 bits per heavy atom. The van der Waals surface area contributed by atoms with Crippen LogP contribution in [0.3, 0.4) is 0 Å². The third kappa shape index (κ3) is 6.37. The highest BCUT2D eigenvalue weighted by Crippen LogP contribution is 2.37. The summed E-state index contributed by atoms with van der Waals surface area (Å²) in [6.45, 7) is 3.55. The van der Waals surface area contributed by atoms with Crippen molar-refractivity contribution in [2.45, 2.75) is 44.8 Å². The molecule has 0 unspecified atom stereocenters. The van der Waals surface area contributed by atoms with Gasteiger partial charge in [0.1, 0.15) is 17.5 Å². The molecule has 2 aliphatic rings. The van der Waals surface area contributed by atoms with Crippen molar-refractivity contribution in [2.75, 3.05) is 25.5 Å². The van der Waals surface area contributed by atoms with Gasteiger partial charge in [-0.3, -0.25) is 4.79 Å². The number of thiol groups is 1. The van der Waals surface area contributed by atoms with Gasteiger partial charge < -0.3 is 19.1 Å². The summed E-state index contributed by atoms with van der Waals surface area (Å²) in [4.78, 5) is 32.3. The van der Waals surface area contributed by atoms with Gasteiger partial charge in [0.25, 0.3) is 0 Å². The zero-order chi connectivity index (χ0) is 24.8. The van der Waals surface area contributed by atoms with Crippen LogP contribution < -0.4 is 4.74 Å². The second-order valence-corrected chi connectivity index (χ2v) is 9.44. The number of aromatic nitrogens is 1. The summed E-state index contributed by atoms with van der Waals surface area (Å²) in [5.41, 5.74) is 2.64. The van der Waals surface area contributed by atoms with Gasteiger partial charge in [0.05, 0.1) is 24.8 Å². The van der Waals surface area contributed by atoms with Crippen LogP contribution >= 0.6 is 24.2 Å². The van der Waals surface area contributed by atoms with E-state index in [-0.39, 0.29) is 25.0 Å². The summed E-state index contributed by atoms with van der Waals surface area (Å²) in [7, 11) is 0. The van der Waals surface area contributed by atoms with Crippen LogP contribution in [-0.4, -0.2) is 53.4 Å². The first-order chi connectivity index (χ1) is 17.0. The quantitative estimate of drug-likeness (QED) is 0.299. The third-order valence-electron chi connectivity index (χ3n) is 6.26. The minimum Gasteiger partial charge on any atom is -0.493 e. The highest BCUT2D eigenvalue weighted by atomic mass is 35.5. The monoisotopic (exact) mass is 516 g/mol. The van der Waals surface area contributed by atoms with E-state index in [1.165, 1.54) is 0 Å². The summed E-state index contributed by atoms with van der Waals surface area (Å²) in [6.07, 6.45) is 3.61. The van der Waals surface area contributed by atoms with E-state index in [1.54, 1.807) is 30.2 Å². The van der Waals surface area contributed by atoms with Crippen LogP contribution in [0.2, 0.25) is 5.15 Å². The lowest BCUT2D eigenvalue weighted by Crippen LogP contribution is -2.42.